The van der Waals surface area contributed by atoms with Crippen LogP contribution in [0.3, 0.4) is 0 Å². The summed E-state index contributed by atoms with van der Waals surface area (Å²) in [7, 11) is 2.72. The molecule has 1 amide bonds. The van der Waals surface area contributed by atoms with Crippen molar-refractivity contribution in [1.29, 1.82) is 0 Å². The van der Waals surface area contributed by atoms with Crippen LogP contribution in [0.2, 0.25) is 0 Å². The van der Waals surface area contributed by atoms with Gasteiger partial charge in [0.2, 0.25) is 11.9 Å². The van der Waals surface area contributed by atoms with Crippen molar-refractivity contribution in [3.8, 4) is 23.0 Å². The molecule has 2 aromatic rings. The van der Waals surface area contributed by atoms with Crippen LogP contribution in [0.25, 0.3) is 0 Å². The molecule has 1 aliphatic heterocycles. The third-order valence-corrected chi connectivity index (χ3v) is 3.91. The summed E-state index contributed by atoms with van der Waals surface area (Å²) in [6.45, 7) is 0.0374. The average Bonchev–Trinajstić information content (AvgIpc) is 2.72. The molecule has 0 fully saturated rings. The van der Waals surface area contributed by atoms with Crippen LogP contribution in [0, 0.1) is 10.1 Å². The summed E-state index contributed by atoms with van der Waals surface area (Å²) in [6.07, 6.45) is 0.361. The zero-order valence-corrected chi connectivity index (χ0v) is 15.1. The van der Waals surface area contributed by atoms with Crippen molar-refractivity contribution in [3.63, 3.8) is 0 Å². The molecule has 1 N–H and O–H groups in total. The number of para-hydroxylation sites is 2. The lowest BCUT2D eigenvalue weighted by Gasteiger charge is -2.24. The maximum absolute atomic E-state index is 12.2. The molecule has 1 heterocycles. The highest BCUT2D eigenvalue weighted by molar-refractivity contribution is 5.88. The maximum atomic E-state index is 12.2. The number of nitrogens with one attached hydrogen (secondary N) is 1. The van der Waals surface area contributed by atoms with Gasteiger partial charge >= 0.3 is 5.69 Å². The second-order valence-electron chi connectivity index (χ2n) is 5.62. The monoisotopic (exact) mass is 387 g/mol. The summed E-state index contributed by atoms with van der Waals surface area (Å²) in [5.41, 5.74) is 2.37. The minimum Gasteiger partial charge on any atom is -0.496 e. The number of benzene rings is 2. The summed E-state index contributed by atoms with van der Waals surface area (Å²) in [6, 6.07) is 9.61. The Morgan fingerprint density at radius 2 is 1.96 bits per heavy atom. The van der Waals surface area contributed by atoms with Crippen molar-refractivity contribution < 1.29 is 28.7 Å². The van der Waals surface area contributed by atoms with E-state index in [-0.39, 0.29) is 18.0 Å². The molecule has 0 aromatic heterocycles. The molecule has 1 aliphatic rings. The largest absolute Gasteiger partial charge is 0.496 e. The summed E-state index contributed by atoms with van der Waals surface area (Å²) in [5, 5.41) is 15.0. The lowest BCUT2D eigenvalue weighted by atomic mass is 10.1. The van der Waals surface area contributed by atoms with Gasteiger partial charge in [0, 0.05) is 17.7 Å². The minimum absolute atomic E-state index is 0.0374. The van der Waals surface area contributed by atoms with Gasteiger partial charge in [-0.2, -0.15) is 5.10 Å². The highest BCUT2D eigenvalue weighted by atomic mass is 16.6. The van der Waals surface area contributed by atoms with Crippen molar-refractivity contribution in [2.45, 2.75) is 6.10 Å². The average molecular weight is 387 g/mol. The van der Waals surface area contributed by atoms with Crippen molar-refractivity contribution in [2.75, 3.05) is 20.8 Å². The Balaban J connectivity index is 1.71. The van der Waals surface area contributed by atoms with Gasteiger partial charge in [0.15, 0.2) is 11.5 Å². The van der Waals surface area contributed by atoms with Crippen LogP contribution in [0.4, 0.5) is 5.69 Å². The van der Waals surface area contributed by atoms with Crippen LogP contribution in [-0.2, 0) is 4.79 Å². The Hall–Kier alpha value is -3.82. The third-order valence-electron chi connectivity index (χ3n) is 3.91. The van der Waals surface area contributed by atoms with Crippen LogP contribution < -0.4 is 24.4 Å². The van der Waals surface area contributed by atoms with Gasteiger partial charge in [0.1, 0.15) is 12.4 Å². The Morgan fingerprint density at radius 3 is 2.64 bits per heavy atom. The summed E-state index contributed by atoms with van der Waals surface area (Å²) < 4.78 is 21.2. The third kappa shape index (κ3) is 3.95. The fraction of sp³-hybridized carbons (Fsp3) is 0.222. The van der Waals surface area contributed by atoms with Crippen LogP contribution in [0.15, 0.2) is 41.5 Å². The van der Waals surface area contributed by atoms with Crippen LogP contribution in [0.1, 0.15) is 5.56 Å². The number of methoxy groups -OCH3 is 2. The number of hydrogen-bond donors (Lipinski definition) is 1. The number of hydrogen-bond acceptors (Lipinski definition) is 8. The Bertz CT molecular complexity index is 929. The van der Waals surface area contributed by atoms with E-state index in [1.54, 1.807) is 24.3 Å². The predicted octanol–water partition coefficient (Wildman–Crippen LogP) is 1.90. The van der Waals surface area contributed by atoms with E-state index in [0.29, 0.717) is 22.8 Å². The smallest absolute Gasteiger partial charge is 0.311 e. The van der Waals surface area contributed by atoms with Crippen LogP contribution >= 0.6 is 0 Å². The number of nitro groups is 1. The topological polar surface area (TPSA) is 122 Å². The summed E-state index contributed by atoms with van der Waals surface area (Å²) in [5.74, 6) is 0.851. The number of nitro benzene ring substituents is 1. The molecule has 146 valence electrons. The Labute approximate surface area is 159 Å². The number of amides is 1. The van der Waals surface area contributed by atoms with E-state index in [4.69, 9.17) is 18.9 Å². The zero-order valence-electron chi connectivity index (χ0n) is 15.1. The molecule has 0 aliphatic carbocycles. The number of rotatable bonds is 6. The highest BCUT2D eigenvalue weighted by Crippen LogP contribution is 2.33. The standard InChI is InChI=1S/C18H17N3O7/c1-25-15-8-16(26-2)12(21(23)24)7-11(15)9-19-20-18(22)17-10-27-13-5-3-4-6-14(13)28-17/h3-9,17H,10H2,1-2H3,(H,20,22)/b19-9+. The van der Waals surface area contributed by atoms with E-state index in [9.17, 15) is 14.9 Å². The van der Waals surface area contributed by atoms with Gasteiger partial charge in [0.05, 0.1) is 25.4 Å². The number of ether oxygens (including phenoxy) is 4. The molecular weight excluding hydrogens is 370 g/mol. The molecular formula is C18H17N3O7. The molecule has 0 spiro atoms. The molecule has 28 heavy (non-hydrogen) atoms. The van der Waals surface area contributed by atoms with Gasteiger partial charge in [-0.25, -0.2) is 5.43 Å². The Morgan fingerprint density at radius 1 is 1.25 bits per heavy atom. The molecule has 10 heteroatoms. The van der Waals surface area contributed by atoms with Gasteiger partial charge in [-0.3, -0.25) is 14.9 Å². The summed E-state index contributed by atoms with van der Waals surface area (Å²) in [4.78, 5) is 22.8. The second kappa shape index (κ2) is 8.25. The van der Waals surface area contributed by atoms with Crippen LogP contribution in [0.5, 0.6) is 23.0 Å². The molecule has 10 nitrogen and oxygen atoms in total. The van der Waals surface area contributed by atoms with Gasteiger partial charge in [-0.05, 0) is 12.1 Å². The molecule has 0 radical (unpaired) electrons. The first-order valence-electron chi connectivity index (χ1n) is 8.15. The fourth-order valence-corrected chi connectivity index (χ4v) is 2.54. The number of hydrazone groups is 1. The first-order chi connectivity index (χ1) is 13.5. The van der Waals surface area contributed by atoms with E-state index in [1.807, 2.05) is 0 Å². The molecule has 3 rings (SSSR count). The normalized spacial score (nSPS) is 15.1. The zero-order chi connectivity index (χ0) is 20.1. The molecule has 1 atom stereocenters. The number of carbonyl (C=O) groups is 1. The highest BCUT2D eigenvalue weighted by Gasteiger charge is 2.27. The number of nitrogens with zero attached hydrogens (tertiary/aromatic N) is 2. The van der Waals surface area contributed by atoms with E-state index < -0.39 is 16.9 Å². The van der Waals surface area contributed by atoms with Crippen molar-refractivity contribution >= 4 is 17.8 Å². The maximum Gasteiger partial charge on any atom is 0.311 e. The molecule has 2 aromatic carbocycles. The van der Waals surface area contributed by atoms with E-state index in [0.717, 1.165) is 0 Å². The van der Waals surface area contributed by atoms with Gasteiger partial charge in [0.25, 0.3) is 5.91 Å². The lowest BCUT2D eigenvalue weighted by molar-refractivity contribution is -0.385. The molecule has 1 unspecified atom stereocenters. The second-order valence-corrected chi connectivity index (χ2v) is 5.62. The van der Waals surface area contributed by atoms with Crippen LogP contribution in [-0.4, -0.2) is 44.0 Å². The quantitative estimate of drug-likeness (QED) is 0.456. The first kappa shape index (κ1) is 19.0. The number of fused-ring (bicyclic) bond motifs is 1. The van der Waals surface area contributed by atoms with Crippen molar-refractivity contribution in [3.05, 3.63) is 52.1 Å². The molecule has 0 bridgehead atoms. The van der Waals surface area contributed by atoms with E-state index in [1.165, 1.54) is 32.6 Å². The SMILES string of the molecule is COc1cc(OC)c([N+](=O)[O-])cc1/C=N/NC(=O)C1COc2ccccc2O1. The van der Waals surface area contributed by atoms with Crippen molar-refractivity contribution in [2.24, 2.45) is 5.10 Å². The summed E-state index contributed by atoms with van der Waals surface area (Å²) >= 11 is 0. The minimum atomic E-state index is -0.876. The fourth-order valence-electron chi connectivity index (χ4n) is 2.54. The van der Waals surface area contributed by atoms with E-state index >= 15 is 0 Å². The van der Waals surface area contributed by atoms with Crippen molar-refractivity contribution in [1.82, 2.24) is 5.43 Å². The first-order valence-corrected chi connectivity index (χ1v) is 8.15. The molecule has 0 saturated heterocycles. The predicted molar refractivity (Wildman–Crippen MR) is 98.3 cm³/mol. The van der Waals surface area contributed by atoms with Gasteiger partial charge in [-0.1, -0.05) is 12.1 Å². The molecule has 0 saturated carbocycles. The lowest BCUT2D eigenvalue weighted by Crippen LogP contribution is -2.42. The van der Waals surface area contributed by atoms with Gasteiger partial charge in [-0.15, -0.1) is 0 Å². The Kier molecular flexibility index (Phi) is 5.58. The number of carbonyl (C=O) groups excluding carboxylic acids is 1. The van der Waals surface area contributed by atoms with E-state index in [2.05, 4.69) is 10.5 Å². The van der Waals surface area contributed by atoms with Gasteiger partial charge < -0.3 is 18.9 Å².